The van der Waals surface area contributed by atoms with Gasteiger partial charge in [0.05, 0.1) is 13.2 Å². The number of nitrogens with two attached hydrogens (primary N) is 1. The van der Waals surface area contributed by atoms with Crippen LogP contribution in [0.15, 0.2) is 24.3 Å². The first-order chi connectivity index (χ1) is 10.2. The van der Waals surface area contributed by atoms with Gasteiger partial charge < -0.3 is 20.1 Å². The van der Waals surface area contributed by atoms with E-state index < -0.39 is 0 Å². The van der Waals surface area contributed by atoms with Crippen LogP contribution in [0.2, 0.25) is 0 Å². The average Bonchev–Trinajstić information content (AvgIpc) is 2.50. The van der Waals surface area contributed by atoms with Crippen molar-refractivity contribution < 1.29 is 9.47 Å². The van der Waals surface area contributed by atoms with E-state index in [1.807, 2.05) is 31.2 Å². The van der Waals surface area contributed by atoms with Crippen LogP contribution in [0.3, 0.4) is 0 Å². The molecule has 5 heteroatoms. The topological polar surface area (TPSA) is 47.7 Å². The van der Waals surface area contributed by atoms with Gasteiger partial charge in [0.2, 0.25) is 0 Å². The van der Waals surface area contributed by atoms with Crippen LogP contribution in [-0.4, -0.2) is 49.3 Å². The van der Waals surface area contributed by atoms with Crippen LogP contribution < -0.4 is 10.5 Å². The van der Waals surface area contributed by atoms with Gasteiger partial charge in [-0.25, -0.2) is 0 Å². The summed E-state index contributed by atoms with van der Waals surface area (Å²) in [5.74, 6) is 0.817. The lowest BCUT2D eigenvalue weighted by atomic mass is 10.2. The van der Waals surface area contributed by atoms with Crippen molar-refractivity contribution in [2.45, 2.75) is 20.3 Å². The number of thiocarbonyl (C=S) groups is 1. The summed E-state index contributed by atoms with van der Waals surface area (Å²) in [5, 5.41) is 0. The molecule has 0 saturated carbocycles. The van der Waals surface area contributed by atoms with Gasteiger partial charge in [0.1, 0.15) is 10.7 Å². The van der Waals surface area contributed by atoms with Crippen molar-refractivity contribution in [3.8, 4) is 5.75 Å². The molecule has 1 aromatic carbocycles. The molecule has 21 heavy (non-hydrogen) atoms. The minimum Gasteiger partial charge on any atom is -0.494 e. The third-order valence-corrected chi connectivity index (χ3v) is 3.44. The third kappa shape index (κ3) is 7.41. The van der Waals surface area contributed by atoms with E-state index in [1.165, 1.54) is 0 Å². The number of rotatable bonds is 11. The Labute approximate surface area is 133 Å². The van der Waals surface area contributed by atoms with E-state index in [-0.39, 0.29) is 0 Å². The van der Waals surface area contributed by atoms with E-state index in [0.29, 0.717) is 11.6 Å². The van der Waals surface area contributed by atoms with E-state index in [0.717, 1.165) is 50.6 Å². The highest BCUT2D eigenvalue weighted by atomic mass is 32.1. The van der Waals surface area contributed by atoms with E-state index in [9.17, 15) is 0 Å². The minimum atomic E-state index is 0.397. The molecule has 0 saturated heterocycles. The van der Waals surface area contributed by atoms with E-state index in [1.54, 1.807) is 0 Å². The maximum Gasteiger partial charge on any atom is 0.119 e. The molecule has 2 N–H and O–H groups in total. The van der Waals surface area contributed by atoms with Crippen molar-refractivity contribution >= 4 is 17.2 Å². The SMILES string of the molecule is CCOCCN(CC)CCCOc1cccc(C(N)=S)c1. The highest BCUT2D eigenvalue weighted by Gasteiger charge is 2.03. The Balaban J connectivity index is 2.26. The normalized spacial score (nSPS) is 10.8. The van der Waals surface area contributed by atoms with E-state index in [4.69, 9.17) is 27.4 Å². The smallest absolute Gasteiger partial charge is 0.119 e. The van der Waals surface area contributed by atoms with Gasteiger partial charge in [-0.2, -0.15) is 0 Å². The molecular weight excluding hydrogens is 284 g/mol. The van der Waals surface area contributed by atoms with Gasteiger partial charge in [-0.3, -0.25) is 0 Å². The molecule has 1 aromatic rings. The standard InChI is InChI=1S/C16H26N2O2S/c1-3-18(10-12-19-4-2)9-6-11-20-15-8-5-7-14(13-15)16(17)21/h5,7-8,13H,3-4,6,9-12H2,1-2H3,(H2,17,21). The zero-order chi connectivity index (χ0) is 15.5. The second-order valence-electron chi connectivity index (χ2n) is 4.73. The van der Waals surface area contributed by atoms with Crippen molar-refractivity contribution in [3.05, 3.63) is 29.8 Å². The summed E-state index contributed by atoms with van der Waals surface area (Å²) in [7, 11) is 0. The van der Waals surface area contributed by atoms with Gasteiger partial charge in [-0.05, 0) is 32.0 Å². The Bertz CT molecular complexity index is 426. The van der Waals surface area contributed by atoms with Gasteiger partial charge >= 0.3 is 0 Å². The minimum absolute atomic E-state index is 0.397. The molecule has 118 valence electrons. The molecule has 1 rings (SSSR count). The summed E-state index contributed by atoms with van der Waals surface area (Å²) in [6.45, 7) is 9.46. The summed E-state index contributed by atoms with van der Waals surface area (Å²) in [6, 6.07) is 7.61. The Hall–Kier alpha value is -1.17. The fraction of sp³-hybridized carbons (Fsp3) is 0.562. The summed E-state index contributed by atoms with van der Waals surface area (Å²) in [4.78, 5) is 2.76. The monoisotopic (exact) mass is 310 g/mol. The van der Waals surface area contributed by atoms with Crippen molar-refractivity contribution in [1.82, 2.24) is 4.90 Å². The molecule has 0 spiro atoms. The lowest BCUT2D eigenvalue weighted by Crippen LogP contribution is -2.29. The lowest BCUT2D eigenvalue weighted by molar-refractivity contribution is 0.112. The number of likely N-dealkylation sites (N-methyl/N-ethyl adjacent to an activating group) is 1. The van der Waals surface area contributed by atoms with Crippen LogP contribution in [0, 0.1) is 0 Å². The molecule has 0 heterocycles. The molecule has 0 atom stereocenters. The first-order valence-corrected chi connectivity index (χ1v) is 7.91. The molecular formula is C16H26N2O2S. The lowest BCUT2D eigenvalue weighted by Gasteiger charge is -2.20. The fourth-order valence-corrected chi connectivity index (χ4v) is 2.11. The maximum atomic E-state index is 5.74. The number of benzene rings is 1. The van der Waals surface area contributed by atoms with Gasteiger partial charge in [-0.1, -0.05) is 31.3 Å². The van der Waals surface area contributed by atoms with Crippen LogP contribution in [0.4, 0.5) is 0 Å². The molecule has 0 amide bonds. The Morgan fingerprint density at radius 2 is 2.05 bits per heavy atom. The first-order valence-electron chi connectivity index (χ1n) is 7.50. The molecule has 0 aliphatic carbocycles. The maximum absolute atomic E-state index is 5.74. The highest BCUT2D eigenvalue weighted by molar-refractivity contribution is 7.80. The van der Waals surface area contributed by atoms with Crippen molar-refractivity contribution in [3.63, 3.8) is 0 Å². The zero-order valence-corrected chi connectivity index (χ0v) is 13.8. The van der Waals surface area contributed by atoms with E-state index >= 15 is 0 Å². The molecule has 0 aliphatic rings. The Morgan fingerprint density at radius 1 is 1.24 bits per heavy atom. The first kappa shape index (κ1) is 17.9. The second kappa shape index (κ2) is 10.5. The van der Waals surface area contributed by atoms with Crippen molar-refractivity contribution in [2.24, 2.45) is 5.73 Å². The predicted octanol–water partition coefficient (Wildman–Crippen LogP) is 2.45. The molecule has 0 aliphatic heterocycles. The number of hydrogen-bond acceptors (Lipinski definition) is 4. The summed E-state index contributed by atoms with van der Waals surface area (Å²) < 4.78 is 11.1. The summed E-state index contributed by atoms with van der Waals surface area (Å²) in [5.41, 5.74) is 6.45. The molecule has 4 nitrogen and oxygen atoms in total. The van der Waals surface area contributed by atoms with Gasteiger partial charge in [-0.15, -0.1) is 0 Å². The van der Waals surface area contributed by atoms with Crippen LogP contribution in [0.1, 0.15) is 25.8 Å². The second-order valence-corrected chi connectivity index (χ2v) is 5.17. The van der Waals surface area contributed by atoms with Crippen molar-refractivity contribution in [2.75, 3.05) is 39.5 Å². The molecule has 0 bridgehead atoms. The fourth-order valence-electron chi connectivity index (χ4n) is 1.98. The van der Waals surface area contributed by atoms with Crippen LogP contribution in [0.5, 0.6) is 5.75 Å². The van der Waals surface area contributed by atoms with Crippen LogP contribution in [-0.2, 0) is 4.74 Å². The summed E-state index contributed by atoms with van der Waals surface area (Å²) in [6.07, 6.45) is 0.983. The Kier molecular flexibility index (Phi) is 8.98. The summed E-state index contributed by atoms with van der Waals surface area (Å²) >= 11 is 4.96. The van der Waals surface area contributed by atoms with Gasteiger partial charge in [0, 0.05) is 25.3 Å². The number of nitrogens with zero attached hydrogens (tertiary/aromatic N) is 1. The number of hydrogen-bond donors (Lipinski definition) is 1. The average molecular weight is 310 g/mol. The molecule has 0 unspecified atom stereocenters. The van der Waals surface area contributed by atoms with Crippen LogP contribution in [0.25, 0.3) is 0 Å². The van der Waals surface area contributed by atoms with E-state index in [2.05, 4.69) is 11.8 Å². The third-order valence-electron chi connectivity index (χ3n) is 3.21. The zero-order valence-electron chi connectivity index (χ0n) is 13.0. The highest BCUT2D eigenvalue weighted by Crippen LogP contribution is 2.13. The Morgan fingerprint density at radius 3 is 2.71 bits per heavy atom. The molecule has 0 radical (unpaired) electrons. The molecule has 0 aromatic heterocycles. The molecule has 0 fully saturated rings. The largest absolute Gasteiger partial charge is 0.494 e. The van der Waals surface area contributed by atoms with Gasteiger partial charge in [0.15, 0.2) is 0 Å². The van der Waals surface area contributed by atoms with Crippen LogP contribution >= 0.6 is 12.2 Å². The van der Waals surface area contributed by atoms with Gasteiger partial charge in [0.25, 0.3) is 0 Å². The van der Waals surface area contributed by atoms with Crippen molar-refractivity contribution in [1.29, 1.82) is 0 Å². The number of ether oxygens (including phenoxy) is 2. The quantitative estimate of drug-likeness (QED) is 0.502. The predicted molar refractivity (Wildman–Crippen MR) is 91.0 cm³/mol.